The Kier molecular flexibility index (Phi) is 4.48. The van der Waals surface area contributed by atoms with Crippen molar-refractivity contribution in [3.05, 3.63) is 0 Å². The summed E-state index contributed by atoms with van der Waals surface area (Å²) < 4.78 is 0. The van der Waals surface area contributed by atoms with Crippen LogP contribution in [0.4, 0.5) is 0 Å². The molecule has 2 aliphatic heterocycles. The lowest BCUT2D eigenvalue weighted by atomic mass is 9.95. The smallest absolute Gasteiger partial charge is 0.227 e. The maximum absolute atomic E-state index is 12.8. The van der Waals surface area contributed by atoms with Crippen molar-refractivity contribution in [2.45, 2.75) is 50.8 Å². The summed E-state index contributed by atoms with van der Waals surface area (Å²) in [6, 6.07) is 0.311. The molecule has 4 nitrogen and oxygen atoms in total. The monoisotopic (exact) mass is 310 g/mol. The summed E-state index contributed by atoms with van der Waals surface area (Å²) in [4.78, 5) is 29.1. The second-order valence-corrected chi connectivity index (χ2v) is 8.23. The van der Waals surface area contributed by atoms with Crippen LogP contribution >= 0.6 is 11.8 Å². The second kappa shape index (κ2) is 6.19. The van der Waals surface area contributed by atoms with Crippen molar-refractivity contribution in [2.24, 2.45) is 11.8 Å². The van der Waals surface area contributed by atoms with Crippen molar-refractivity contribution in [3.8, 4) is 0 Å². The summed E-state index contributed by atoms with van der Waals surface area (Å²) in [5.41, 5.74) is 0. The molecule has 0 radical (unpaired) electrons. The van der Waals surface area contributed by atoms with Crippen molar-refractivity contribution in [1.29, 1.82) is 0 Å². The largest absolute Gasteiger partial charge is 0.342 e. The molecule has 118 valence electrons. The highest BCUT2D eigenvalue weighted by Gasteiger charge is 2.39. The summed E-state index contributed by atoms with van der Waals surface area (Å²) in [6.45, 7) is 6.73. The third-order valence-corrected chi connectivity index (χ3v) is 6.51. The molecule has 0 aromatic heterocycles. The topological polar surface area (TPSA) is 40.6 Å². The quantitative estimate of drug-likeness (QED) is 0.783. The number of carbonyl (C=O) groups is 2. The molecular formula is C16H26N2O2S. The molecule has 3 aliphatic rings. The third-order valence-electron chi connectivity index (χ3n) is 5.18. The van der Waals surface area contributed by atoms with Gasteiger partial charge < -0.3 is 9.80 Å². The Balaban J connectivity index is 1.62. The van der Waals surface area contributed by atoms with Gasteiger partial charge in [0.05, 0.1) is 5.92 Å². The number of carbonyl (C=O) groups excluding carboxylic acids is 2. The summed E-state index contributed by atoms with van der Waals surface area (Å²) in [6.07, 6.45) is 4.01. The predicted octanol–water partition coefficient (Wildman–Crippen LogP) is 1.99. The number of hydrogen-bond donors (Lipinski definition) is 0. The molecule has 3 atom stereocenters. The van der Waals surface area contributed by atoms with Crippen LogP contribution in [0, 0.1) is 11.8 Å². The van der Waals surface area contributed by atoms with E-state index in [0.717, 1.165) is 44.5 Å². The Bertz CT molecular complexity index is 425. The van der Waals surface area contributed by atoms with Gasteiger partial charge in [0.2, 0.25) is 11.8 Å². The number of rotatable bonds is 2. The molecule has 0 unspecified atom stereocenters. The van der Waals surface area contributed by atoms with E-state index in [2.05, 4.69) is 18.7 Å². The minimum atomic E-state index is 0.0270. The molecule has 1 aliphatic carbocycles. The van der Waals surface area contributed by atoms with Crippen molar-refractivity contribution in [2.75, 3.05) is 25.4 Å². The fraction of sp³-hybridized carbons (Fsp3) is 0.875. The van der Waals surface area contributed by atoms with Gasteiger partial charge in [0.1, 0.15) is 0 Å². The average molecular weight is 310 g/mol. The highest BCUT2D eigenvalue weighted by Crippen LogP contribution is 2.33. The zero-order chi connectivity index (χ0) is 15.0. The molecule has 0 aromatic carbocycles. The van der Waals surface area contributed by atoms with Gasteiger partial charge in [-0.25, -0.2) is 0 Å². The first-order valence-corrected chi connectivity index (χ1v) is 9.33. The molecule has 21 heavy (non-hydrogen) atoms. The molecule has 3 rings (SSSR count). The highest BCUT2D eigenvalue weighted by molar-refractivity contribution is 8.00. The molecule has 2 amide bonds. The Morgan fingerprint density at radius 2 is 1.76 bits per heavy atom. The first-order chi connectivity index (χ1) is 10.1. The number of thioether (sulfide) groups is 1. The van der Waals surface area contributed by atoms with Gasteiger partial charge in [0.25, 0.3) is 0 Å². The molecule has 2 heterocycles. The van der Waals surface area contributed by atoms with Crippen molar-refractivity contribution >= 4 is 23.6 Å². The third kappa shape index (κ3) is 3.22. The average Bonchev–Trinajstić information content (AvgIpc) is 3.33. The van der Waals surface area contributed by atoms with Crippen molar-refractivity contribution in [3.63, 3.8) is 0 Å². The number of piperidine rings is 1. The minimum Gasteiger partial charge on any atom is -0.342 e. The number of likely N-dealkylation sites (tertiary alicyclic amines) is 1. The lowest BCUT2D eigenvalue weighted by Gasteiger charge is -2.41. The van der Waals surface area contributed by atoms with Crippen LogP contribution in [0.1, 0.15) is 39.5 Å². The first kappa shape index (κ1) is 15.2. The molecule has 2 saturated heterocycles. The fourth-order valence-corrected chi connectivity index (χ4v) is 4.55. The predicted molar refractivity (Wildman–Crippen MR) is 85.1 cm³/mol. The summed E-state index contributed by atoms with van der Waals surface area (Å²) in [5.74, 6) is 1.91. The minimum absolute atomic E-state index is 0.0270. The lowest BCUT2D eigenvalue weighted by molar-refractivity contribution is -0.142. The van der Waals surface area contributed by atoms with Crippen LogP contribution in [-0.4, -0.2) is 58.3 Å². The van der Waals surface area contributed by atoms with Crippen LogP contribution in [0.5, 0.6) is 0 Å². The van der Waals surface area contributed by atoms with Gasteiger partial charge in [-0.15, -0.1) is 0 Å². The van der Waals surface area contributed by atoms with E-state index in [9.17, 15) is 9.59 Å². The Labute approximate surface area is 131 Å². The van der Waals surface area contributed by atoms with E-state index in [4.69, 9.17) is 0 Å². The highest BCUT2D eigenvalue weighted by atomic mass is 32.2. The molecule has 1 saturated carbocycles. The van der Waals surface area contributed by atoms with Gasteiger partial charge in [-0.05, 0) is 32.6 Å². The zero-order valence-electron chi connectivity index (χ0n) is 13.1. The molecule has 0 spiro atoms. The van der Waals surface area contributed by atoms with Crippen LogP contribution in [0.3, 0.4) is 0 Å². The van der Waals surface area contributed by atoms with E-state index in [-0.39, 0.29) is 17.7 Å². The molecule has 3 fully saturated rings. The van der Waals surface area contributed by atoms with E-state index in [0.29, 0.717) is 23.7 Å². The van der Waals surface area contributed by atoms with Crippen LogP contribution < -0.4 is 0 Å². The Hall–Kier alpha value is -0.710. The van der Waals surface area contributed by atoms with Gasteiger partial charge in [-0.3, -0.25) is 9.59 Å². The first-order valence-electron chi connectivity index (χ1n) is 8.29. The van der Waals surface area contributed by atoms with E-state index < -0.39 is 0 Å². The van der Waals surface area contributed by atoms with Crippen LogP contribution in [0.2, 0.25) is 0 Å². The van der Waals surface area contributed by atoms with Gasteiger partial charge in [0, 0.05) is 42.6 Å². The van der Waals surface area contributed by atoms with Crippen LogP contribution in [-0.2, 0) is 9.59 Å². The maximum Gasteiger partial charge on any atom is 0.227 e. The van der Waals surface area contributed by atoms with Crippen molar-refractivity contribution < 1.29 is 9.59 Å². The Morgan fingerprint density at radius 3 is 2.48 bits per heavy atom. The van der Waals surface area contributed by atoms with E-state index >= 15 is 0 Å². The normalized spacial score (nSPS) is 33.9. The standard InChI is InChI=1S/C16H26N2O2S/c1-11-12(2)21-9-8-18(11)16(20)14-4-3-7-17(10-14)15(19)13-5-6-13/h11-14H,3-10H2,1-2H3/t11-,12-,14+/m0/s1. The van der Waals surface area contributed by atoms with E-state index in [1.807, 2.05) is 16.7 Å². The summed E-state index contributed by atoms with van der Waals surface area (Å²) in [7, 11) is 0. The van der Waals surface area contributed by atoms with Gasteiger partial charge in [-0.2, -0.15) is 11.8 Å². The molecule has 0 bridgehead atoms. The van der Waals surface area contributed by atoms with Crippen LogP contribution in [0.15, 0.2) is 0 Å². The SMILES string of the molecule is C[C@@H]1SCCN(C(=O)[C@@H]2CCCN(C(=O)C3CC3)C2)[C@H]1C. The molecular weight excluding hydrogens is 284 g/mol. The number of nitrogens with zero attached hydrogens (tertiary/aromatic N) is 2. The van der Waals surface area contributed by atoms with E-state index in [1.165, 1.54) is 0 Å². The van der Waals surface area contributed by atoms with Gasteiger partial charge >= 0.3 is 0 Å². The second-order valence-electron chi connectivity index (χ2n) is 6.75. The zero-order valence-corrected chi connectivity index (χ0v) is 13.9. The van der Waals surface area contributed by atoms with Gasteiger partial charge in [-0.1, -0.05) is 6.92 Å². The molecule has 0 aromatic rings. The maximum atomic E-state index is 12.8. The van der Waals surface area contributed by atoms with Gasteiger partial charge in [0.15, 0.2) is 0 Å². The molecule has 5 heteroatoms. The molecule has 0 N–H and O–H groups in total. The van der Waals surface area contributed by atoms with Crippen LogP contribution in [0.25, 0.3) is 0 Å². The lowest BCUT2D eigenvalue weighted by Crippen LogP contribution is -2.53. The van der Waals surface area contributed by atoms with Crippen molar-refractivity contribution in [1.82, 2.24) is 9.80 Å². The van der Waals surface area contributed by atoms with E-state index in [1.54, 1.807) is 0 Å². The fourth-order valence-electron chi connectivity index (χ4n) is 3.45. The number of amides is 2. The summed E-state index contributed by atoms with van der Waals surface area (Å²) >= 11 is 1.95. The Morgan fingerprint density at radius 1 is 1.00 bits per heavy atom. The number of hydrogen-bond acceptors (Lipinski definition) is 3. The summed E-state index contributed by atoms with van der Waals surface area (Å²) in [5, 5.41) is 0.510.